The Labute approximate surface area is 114 Å². The fourth-order valence-electron chi connectivity index (χ4n) is 2.45. The first-order chi connectivity index (χ1) is 8.92. The molecule has 1 fully saturated rings. The highest BCUT2D eigenvalue weighted by Gasteiger charge is 2.32. The highest BCUT2D eigenvalue weighted by Crippen LogP contribution is 2.33. The number of nitrogens with zero attached hydrogens (tertiary/aromatic N) is 1. The predicted molar refractivity (Wildman–Crippen MR) is 71.8 cm³/mol. The van der Waals surface area contributed by atoms with Crippen LogP contribution in [-0.4, -0.2) is 47.7 Å². The molecule has 0 atom stereocenters. The summed E-state index contributed by atoms with van der Waals surface area (Å²) in [4.78, 5) is 24.4. The Morgan fingerprint density at radius 1 is 1.37 bits per heavy atom. The molecule has 0 bridgehead atoms. The summed E-state index contributed by atoms with van der Waals surface area (Å²) in [6.07, 6.45) is 2.58. The second-order valence-electron chi connectivity index (χ2n) is 5.68. The van der Waals surface area contributed by atoms with Crippen LogP contribution in [0, 0.1) is 11.8 Å². The van der Waals surface area contributed by atoms with Crippen molar-refractivity contribution in [1.82, 2.24) is 4.90 Å². The van der Waals surface area contributed by atoms with Gasteiger partial charge in [-0.15, -0.1) is 0 Å². The van der Waals surface area contributed by atoms with Crippen molar-refractivity contribution in [1.29, 1.82) is 0 Å². The third-order valence-electron chi connectivity index (χ3n) is 3.32. The van der Waals surface area contributed by atoms with Gasteiger partial charge >= 0.3 is 5.97 Å². The van der Waals surface area contributed by atoms with Gasteiger partial charge in [-0.1, -0.05) is 13.8 Å². The van der Waals surface area contributed by atoms with Crippen molar-refractivity contribution >= 4 is 11.9 Å². The Hall–Kier alpha value is -1.10. The SMILES string of the molecule is CCOC1CC(CC(=O)N(CC(=O)O)CC(C)C)C1. The van der Waals surface area contributed by atoms with E-state index in [1.807, 2.05) is 20.8 Å². The van der Waals surface area contributed by atoms with Crippen LogP contribution in [0.4, 0.5) is 0 Å². The molecule has 0 unspecified atom stereocenters. The number of amides is 1. The van der Waals surface area contributed by atoms with E-state index in [9.17, 15) is 9.59 Å². The molecule has 0 aromatic rings. The first kappa shape index (κ1) is 16.0. The van der Waals surface area contributed by atoms with E-state index >= 15 is 0 Å². The molecule has 0 aromatic heterocycles. The van der Waals surface area contributed by atoms with E-state index in [0.717, 1.165) is 12.8 Å². The summed E-state index contributed by atoms with van der Waals surface area (Å²) in [6, 6.07) is 0. The van der Waals surface area contributed by atoms with Crippen molar-refractivity contribution in [2.45, 2.75) is 46.1 Å². The summed E-state index contributed by atoms with van der Waals surface area (Å²) in [5, 5.41) is 8.85. The van der Waals surface area contributed by atoms with Gasteiger partial charge in [0.2, 0.25) is 5.91 Å². The number of hydrogen-bond acceptors (Lipinski definition) is 3. The van der Waals surface area contributed by atoms with Gasteiger partial charge in [0, 0.05) is 19.6 Å². The largest absolute Gasteiger partial charge is 0.480 e. The van der Waals surface area contributed by atoms with E-state index in [2.05, 4.69) is 0 Å². The number of ether oxygens (including phenoxy) is 1. The number of aliphatic carboxylic acids is 1. The summed E-state index contributed by atoms with van der Waals surface area (Å²) in [5.41, 5.74) is 0. The van der Waals surface area contributed by atoms with Crippen molar-refractivity contribution in [3.05, 3.63) is 0 Å². The lowest BCUT2D eigenvalue weighted by Crippen LogP contribution is -2.41. The van der Waals surface area contributed by atoms with Gasteiger partial charge in [-0.3, -0.25) is 9.59 Å². The lowest BCUT2D eigenvalue weighted by Gasteiger charge is -2.35. The molecule has 0 aliphatic heterocycles. The molecular weight excluding hydrogens is 246 g/mol. The number of carboxylic acid groups (broad SMARTS) is 1. The van der Waals surface area contributed by atoms with E-state index in [1.165, 1.54) is 4.90 Å². The van der Waals surface area contributed by atoms with Gasteiger partial charge in [0.05, 0.1) is 6.10 Å². The summed E-state index contributed by atoms with van der Waals surface area (Å²) in [5.74, 6) is -0.362. The first-order valence-electron chi connectivity index (χ1n) is 7.03. The minimum absolute atomic E-state index is 0.0453. The quantitative estimate of drug-likeness (QED) is 0.730. The molecule has 1 amide bonds. The van der Waals surface area contributed by atoms with Gasteiger partial charge in [-0.25, -0.2) is 0 Å². The molecule has 19 heavy (non-hydrogen) atoms. The first-order valence-corrected chi connectivity index (χ1v) is 7.03. The lowest BCUT2D eigenvalue weighted by atomic mass is 9.79. The van der Waals surface area contributed by atoms with Crippen LogP contribution in [0.2, 0.25) is 0 Å². The van der Waals surface area contributed by atoms with Crippen LogP contribution in [-0.2, 0) is 14.3 Å². The third-order valence-corrected chi connectivity index (χ3v) is 3.32. The monoisotopic (exact) mass is 271 g/mol. The zero-order valence-corrected chi connectivity index (χ0v) is 12.1. The van der Waals surface area contributed by atoms with Gasteiger partial charge in [0.15, 0.2) is 0 Å². The molecule has 5 heteroatoms. The number of carboxylic acids is 1. The maximum absolute atomic E-state index is 12.1. The van der Waals surface area contributed by atoms with Gasteiger partial charge in [-0.2, -0.15) is 0 Å². The molecule has 1 aliphatic rings. The van der Waals surface area contributed by atoms with Crippen LogP contribution in [0.15, 0.2) is 0 Å². The van der Waals surface area contributed by atoms with Crippen molar-refractivity contribution in [3.8, 4) is 0 Å². The van der Waals surface area contributed by atoms with E-state index in [4.69, 9.17) is 9.84 Å². The molecule has 5 nitrogen and oxygen atoms in total. The summed E-state index contributed by atoms with van der Waals surface area (Å²) < 4.78 is 5.46. The number of carbonyl (C=O) groups is 2. The number of carbonyl (C=O) groups excluding carboxylic acids is 1. The van der Waals surface area contributed by atoms with E-state index in [-0.39, 0.29) is 18.4 Å². The lowest BCUT2D eigenvalue weighted by molar-refractivity contribution is -0.146. The maximum Gasteiger partial charge on any atom is 0.323 e. The third kappa shape index (κ3) is 5.59. The molecule has 0 spiro atoms. The fraction of sp³-hybridized carbons (Fsp3) is 0.857. The Morgan fingerprint density at radius 2 is 2.00 bits per heavy atom. The van der Waals surface area contributed by atoms with Crippen LogP contribution in [0.3, 0.4) is 0 Å². The van der Waals surface area contributed by atoms with Crippen LogP contribution >= 0.6 is 0 Å². The van der Waals surface area contributed by atoms with Crippen molar-refractivity contribution in [2.24, 2.45) is 11.8 Å². The Balaban J connectivity index is 2.38. The van der Waals surface area contributed by atoms with Crippen molar-refractivity contribution < 1.29 is 19.4 Å². The number of hydrogen-bond donors (Lipinski definition) is 1. The predicted octanol–water partition coefficient (Wildman–Crippen LogP) is 1.76. The molecular formula is C14H25NO4. The van der Waals surface area contributed by atoms with Gasteiger partial charge in [-0.05, 0) is 31.6 Å². The smallest absolute Gasteiger partial charge is 0.323 e. The van der Waals surface area contributed by atoms with Crippen LogP contribution in [0.5, 0.6) is 0 Å². The average Bonchev–Trinajstić information content (AvgIpc) is 2.23. The minimum atomic E-state index is -0.949. The molecule has 0 radical (unpaired) electrons. The molecule has 0 heterocycles. The van der Waals surface area contributed by atoms with E-state index in [1.54, 1.807) is 0 Å². The second-order valence-corrected chi connectivity index (χ2v) is 5.68. The molecule has 1 N–H and O–H groups in total. The molecule has 110 valence electrons. The zero-order chi connectivity index (χ0) is 14.4. The average molecular weight is 271 g/mol. The van der Waals surface area contributed by atoms with E-state index < -0.39 is 5.97 Å². The molecule has 1 saturated carbocycles. The molecule has 0 saturated heterocycles. The summed E-state index contributed by atoms with van der Waals surface area (Å²) >= 11 is 0. The fourth-order valence-corrected chi connectivity index (χ4v) is 2.45. The topological polar surface area (TPSA) is 66.8 Å². The Morgan fingerprint density at radius 3 is 2.47 bits per heavy atom. The van der Waals surface area contributed by atoms with Gasteiger partial charge in [0.1, 0.15) is 6.54 Å². The Bertz CT molecular complexity index is 311. The Kier molecular flexibility index (Phi) is 6.28. The van der Waals surface area contributed by atoms with Gasteiger partial charge < -0.3 is 14.7 Å². The maximum atomic E-state index is 12.1. The zero-order valence-electron chi connectivity index (χ0n) is 12.1. The molecule has 1 rings (SSSR count). The minimum Gasteiger partial charge on any atom is -0.480 e. The molecule has 1 aliphatic carbocycles. The number of rotatable bonds is 8. The second kappa shape index (κ2) is 7.48. The van der Waals surface area contributed by atoms with Crippen molar-refractivity contribution in [2.75, 3.05) is 19.7 Å². The summed E-state index contributed by atoms with van der Waals surface area (Å²) in [7, 11) is 0. The highest BCUT2D eigenvalue weighted by atomic mass is 16.5. The van der Waals surface area contributed by atoms with Crippen molar-refractivity contribution in [3.63, 3.8) is 0 Å². The van der Waals surface area contributed by atoms with Crippen LogP contribution in [0.1, 0.15) is 40.0 Å². The normalized spacial score (nSPS) is 22.1. The van der Waals surface area contributed by atoms with Crippen LogP contribution in [0.25, 0.3) is 0 Å². The van der Waals surface area contributed by atoms with Crippen LogP contribution < -0.4 is 0 Å². The van der Waals surface area contributed by atoms with E-state index in [0.29, 0.717) is 31.6 Å². The highest BCUT2D eigenvalue weighted by molar-refractivity contribution is 5.81. The molecule has 0 aromatic carbocycles. The standard InChI is InChI=1S/C14H25NO4/c1-4-19-12-5-11(6-12)7-13(16)15(8-10(2)3)9-14(17)18/h10-12H,4-9H2,1-3H3,(H,17,18). The van der Waals surface area contributed by atoms with Gasteiger partial charge in [0.25, 0.3) is 0 Å². The summed E-state index contributed by atoms with van der Waals surface area (Å²) in [6.45, 7) is 6.96.